The maximum atomic E-state index is 12.8. The van der Waals surface area contributed by atoms with Crippen molar-refractivity contribution in [2.24, 2.45) is 0 Å². The lowest BCUT2D eigenvalue weighted by molar-refractivity contribution is -0.116. The molecule has 0 spiro atoms. The molecule has 0 saturated heterocycles. The summed E-state index contributed by atoms with van der Waals surface area (Å²) in [5.74, 6) is -0.959. The third-order valence-corrected chi connectivity index (χ3v) is 5.32. The zero-order valence-electron chi connectivity index (χ0n) is 20.1. The van der Waals surface area contributed by atoms with Gasteiger partial charge in [0.15, 0.2) is 6.10 Å². The number of alkyl carbamates (subject to hydrolysis) is 1. The van der Waals surface area contributed by atoms with Gasteiger partial charge in [0.2, 0.25) is 11.7 Å². The molecule has 0 fully saturated rings. The van der Waals surface area contributed by atoms with Crippen LogP contribution >= 0.6 is 0 Å². The van der Waals surface area contributed by atoms with E-state index in [1.807, 2.05) is 0 Å². The van der Waals surface area contributed by atoms with Crippen LogP contribution in [0.3, 0.4) is 0 Å². The van der Waals surface area contributed by atoms with Crippen molar-refractivity contribution in [1.82, 2.24) is 5.32 Å². The Morgan fingerprint density at radius 1 is 1.03 bits per heavy atom. The summed E-state index contributed by atoms with van der Waals surface area (Å²) in [6, 6.07) is 11.7. The molecule has 1 atom stereocenters. The number of nitrogens with one attached hydrogen (secondary N) is 1. The smallest absolute Gasteiger partial charge is 0.407 e. The van der Waals surface area contributed by atoms with Crippen LogP contribution < -0.4 is 10.2 Å². The van der Waals surface area contributed by atoms with Crippen LogP contribution in [-0.4, -0.2) is 42.0 Å². The Morgan fingerprint density at radius 2 is 1.68 bits per heavy atom. The number of anilines is 1. The number of ether oxygens (including phenoxy) is 2. The summed E-state index contributed by atoms with van der Waals surface area (Å²) in [5.41, 5.74) is 2.68. The van der Waals surface area contributed by atoms with Crippen molar-refractivity contribution in [2.45, 2.75) is 59.3 Å². The van der Waals surface area contributed by atoms with Gasteiger partial charge in [0.1, 0.15) is 5.60 Å². The molecule has 0 aliphatic carbocycles. The van der Waals surface area contributed by atoms with E-state index >= 15 is 0 Å². The first-order valence-electron chi connectivity index (χ1n) is 11.2. The fourth-order valence-electron chi connectivity index (χ4n) is 3.65. The molecule has 0 bridgehead atoms. The third kappa shape index (κ3) is 6.21. The fourth-order valence-corrected chi connectivity index (χ4v) is 3.65. The Morgan fingerprint density at radius 3 is 2.29 bits per heavy atom. The van der Waals surface area contributed by atoms with Gasteiger partial charge in [0.05, 0.1) is 5.56 Å². The molecule has 180 valence electrons. The Hall–Kier alpha value is -3.68. The number of hydrogen-bond acceptors (Lipinski definition) is 6. The molecule has 3 rings (SSSR count). The Balaban J connectivity index is 1.56. The van der Waals surface area contributed by atoms with Gasteiger partial charge in [0.25, 0.3) is 0 Å². The highest BCUT2D eigenvalue weighted by atomic mass is 16.6. The van der Waals surface area contributed by atoms with Crippen molar-refractivity contribution < 1.29 is 28.7 Å². The molecule has 1 heterocycles. The lowest BCUT2D eigenvalue weighted by Crippen LogP contribution is -2.32. The molecule has 1 aliphatic heterocycles. The summed E-state index contributed by atoms with van der Waals surface area (Å²) in [6.07, 6.45) is -0.812. The van der Waals surface area contributed by atoms with Crippen molar-refractivity contribution in [2.75, 3.05) is 11.4 Å². The van der Waals surface area contributed by atoms with Crippen LogP contribution in [0.5, 0.6) is 0 Å². The van der Waals surface area contributed by atoms with E-state index in [0.717, 1.165) is 16.8 Å². The van der Waals surface area contributed by atoms with Crippen LogP contribution in [0.4, 0.5) is 10.5 Å². The van der Waals surface area contributed by atoms with Crippen LogP contribution in [0.2, 0.25) is 0 Å². The molecular weight excluding hydrogens is 436 g/mol. The van der Waals surface area contributed by atoms with Crippen molar-refractivity contribution in [3.8, 4) is 0 Å². The van der Waals surface area contributed by atoms with E-state index in [-0.39, 0.29) is 18.2 Å². The van der Waals surface area contributed by atoms with E-state index in [9.17, 15) is 19.2 Å². The topological polar surface area (TPSA) is 102 Å². The molecule has 1 N–H and O–H groups in total. The van der Waals surface area contributed by atoms with Gasteiger partial charge in [0, 0.05) is 31.3 Å². The van der Waals surface area contributed by atoms with E-state index in [1.165, 1.54) is 13.8 Å². The number of rotatable bonds is 6. The molecule has 8 nitrogen and oxygen atoms in total. The number of Topliss-reactive ketones (excluding diaryl/α,β-unsaturated/α-hetero) is 1. The maximum Gasteiger partial charge on any atom is 0.407 e. The minimum atomic E-state index is -0.968. The van der Waals surface area contributed by atoms with E-state index in [1.54, 1.807) is 68.1 Å². The Kier molecular flexibility index (Phi) is 7.39. The zero-order chi connectivity index (χ0) is 25.0. The van der Waals surface area contributed by atoms with Crippen LogP contribution in [0, 0.1) is 0 Å². The number of ketones is 1. The average Bonchev–Trinajstić information content (AvgIpc) is 3.20. The van der Waals surface area contributed by atoms with Gasteiger partial charge in [-0.1, -0.05) is 12.1 Å². The molecule has 2 aromatic rings. The number of esters is 1. The summed E-state index contributed by atoms with van der Waals surface area (Å²) < 4.78 is 10.6. The van der Waals surface area contributed by atoms with E-state index in [0.29, 0.717) is 24.1 Å². The predicted molar refractivity (Wildman–Crippen MR) is 127 cm³/mol. The average molecular weight is 467 g/mol. The van der Waals surface area contributed by atoms with Gasteiger partial charge in [-0.05, 0) is 75.6 Å². The monoisotopic (exact) mass is 466 g/mol. The summed E-state index contributed by atoms with van der Waals surface area (Å²) in [4.78, 5) is 50.5. The summed E-state index contributed by atoms with van der Waals surface area (Å²) >= 11 is 0. The maximum absolute atomic E-state index is 12.8. The summed E-state index contributed by atoms with van der Waals surface area (Å²) in [6.45, 7) is 9.24. The van der Waals surface area contributed by atoms with Gasteiger partial charge in [-0.3, -0.25) is 9.59 Å². The lowest BCUT2D eigenvalue weighted by Gasteiger charge is -2.19. The second kappa shape index (κ2) is 10.1. The largest absolute Gasteiger partial charge is 0.451 e. The van der Waals surface area contributed by atoms with Crippen molar-refractivity contribution in [3.63, 3.8) is 0 Å². The van der Waals surface area contributed by atoms with Crippen molar-refractivity contribution >= 4 is 29.4 Å². The number of benzene rings is 2. The van der Waals surface area contributed by atoms with Gasteiger partial charge in [-0.25, -0.2) is 9.59 Å². The lowest BCUT2D eigenvalue weighted by atomic mass is 10.0. The van der Waals surface area contributed by atoms with E-state index in [4.69, 9.17) is 9.47 Å². The molecule has 0 aromatic heterocycles. The molecule has 8 heteroatoms. The van der Waals surface area contributed by atoms with Gasteiger partial charge in [-0.15, -0.1) is 0 Å². The Labute approximate surface area is 199 Å². The number of carbonyl (C=O) groups is 4. The van der Waals surface area contributed by atoms with Crippen LogP contribution in [0.25, 0.3) is 0 Å². The van der Waals surface area contributed by atoms with Gasteiger partial charge in [-0.2, -0.15) is 0 Å². The molecule has 2 amide bonds. The zero-order valence-corrected chi connectivity index (χ0v) is 20.1. The number of hydrogen-bond donors (Lipinski definition) is 1. The third-order valence-electron chi connectivity index (χ3n) is 5.32. The SMILES string of the molecule is CC(=O)N1CCc2cc(C(=O)C(C)OC(=O)c3ccc(CNC(=O)OC(C)(C)C)cc3)ccc21. The first-order valence-corrected chi connectivity index (χ1v) is 11.2. The molecular formula is C26H30N2O6. The number of nitrogens with zero attached hydrogens (tertiary/aromatic N) is 1. The minimum Gasteiger partial charge on any atom is -0.451 e. The van der Waals surface area contributed by atoms with Crippen molar-refractivity contribution in [3.05, 3.63) is 64.7 Å². The first kappa shape index (κ1) is 25.0. The highest BCUT2D eigenvalue weighted by molar-refractivity contribution is 6.02. The number of fused-ring (bicyclic) bond motifs is 1. The van der Waals surface area contributed by atoms with Crippen LogP contribution in [0.1, 0.15) is 66.5 Å². The summed E-state index contributed by atoms with van der Waals surface area (Å²) in [7, 11) is 0. The van der Waals surface area contributed by atoms with Crippen molar-refractivity contribution in [1.29, 1.82) is 0 Å². The second-order valence-corrected chi connectivity index (χ2v) is 9.23. The molecule has 2 aromatic carbocycles. The Bertz CT molecular complexity index is 1100. The van der Waals surface area contributed by atoms with Gasteiger partial charge >= 0.3 is 12.1 Å². The minimum absolute atomic E-state index is 0.0354. The standard InChI is InChI=1S/C26H30N2O6/c1-16(23(30)21-10-11-22-20(14-21)12-13-28(22)17(2)29)33-24(31)19-8-6-18(7-9-19)15-27-25(32)34-26(3,4)5/h6-11,14,16H,12-13,15H2,1-5H3,(H,27,32). The molecule has 1 aliphatic rings. The van der Waals surface area contributed by atoms with Crippen LogP contribution in [-0.2, 0) is 27.2 Å². The molecule has 0 radical (unpaired) electrons. The molecule has 34 heavy (non-hydrogen) atoms. The van der Waals surface area contributed by atoms with E-state index in [2.05, 4.69) is 5.32 Å². The van der Waals surface area contributed by atoms with Gasteiger partial charge < -0.3 is 19.7 Å². The first-order chi connectivity index (χ1) is 15.9. The fraction of sp³-hybridized carbons (Fsp3) is 0.385. The second-order valence-electron chi connectivity index (χ2n) is 9.23. The quantitative estimate of drug-likeness (QED) is 0.509. The molecule has 1 unspecified atom stereocenters. The van der Waals surface area contributed by atoms with E-state index < -0.39 is 23.8 Å². The number of amides is 2. The normalized spacial score (nSPS) is 13.6. The summed E-state index contributed by atoms with van der Waals surface area (Å²) in [5, 5.41) is 2.65. The predicted octanol–water partition coefficient (Wildman–Crippen LogP) is 4.05. The highest BCUT2D eigenvalue weighted by Gasteiger charge is 2.26. The number of carbonyl (C=O) groups excluding carboxylic acids is 4. The molecule has 0 saturated carbocycles. The van der Waals surface area contributed by atoms with Crippen LogP contribution in [0.15, 0.2) is 42.5 Å². The highest BCUT2D eigenvalue weighted by Crippen LogP contribution is 2.29.